The summed E-state index contributed by atoms with van der Waals surface area (Å²) in [5, 5.41) is 1.12. The number of amides is 1. The molecule has 0 N–H and O–H groups in total. The monoisotopic (exact) mass is 352 g/mol. The second kappa shape index (κ2) is 5.21. The molecule has 3 aromatic rings. The van der Waals surface area contributed by atoms with Crippen LogP contribution in [0.5, 0.6) is 0 Å². The van der Waals surface area contributed by atoms with Crippen LogP contribution in [0, 0.1) is 0 Å². The average Bonchev–Trinajstić information content (AvgIpc) is 2.95. The Hall–Kier alpha value is -2.20. The van der Waals surface area contributed by atoms with Crippen LogP contribution in [0.25, 0.3) is 10.9 Å². The zero-order valence-corrected chi connectivity index (χ0v) is 13.4. The molecule has 1 aromatic heterocycles. The molecule has 0 unspecified atom stereocenters. The highest BCUT2D eigenvalue weighted by molar-refractivity contribution is 9.10. The molecule has 0 atom stereocenters. The SMILES string of the molecule is O=C(c1ccc(Br)cc1)N1CCc2cc3ccccc3nc21. The third-order valence-corrected chi connectivity index (χ3v) is 4.51. The number of pyridine rings is 1. The second-order valence-corrected chi connectivity index (χ2v) is 6.29. The van der Waals surface area contributed by atoms with Crippen LogP contribution < -0.4 is 4.90 Å². The lowest BCUT2D eigenvalue weighted by Crippen LogP contribution is -2.29. The minimum atomic E-state index is 0.00836. The minimum Gasteiger partial charge on any atom is -0.292 e. The van der Waals surface area contributed by atoms with Crippen LogP contribution in [0.3, 0.4) is 0 Å². The zero-order chi connectivity index (χ0) is 15.1. The first-order valence-electron chi connectivity index (χ1n) is 7.18. The number of para-hydroxylation sites is 1. The molecule has 108 valence electrons. The number of halogens is 1. The van der Waals surface area contributed by atoms with Gasteiger partial charge in [-0.1, -0.05) is 34.1 Å². The Balaban J connectivity index is 1.76. The number of hydrogen-bond acceptors (Lipinski definition) is 2. The summed E-state index contributed by atoms with van der Waals surface area (Å²) in [6, 6.07) is 17.6. The fourth-order valence-corrected chi connectivity index (χ4v) is 3.12. The van der Waals surface area contributed by atoms with Crippen LogP contribution in [0.1, 0.15) is 15.9 Å². The summed E-state index contributed by atoms with van der Waals surface area (Å²) < 4.78 is 0.968. The molecule has 4 heteroatoms. The molecule has 4 rings (SSSR count). The third kappa shape index (κ3) is 2.20. The smallest absolute Gasteiger partial charge is 0.259 e. The lowest BCUT2D eigenvalue weighted by Gasteiger charge is -2.16. The number of rotatable bonds is 1. The van der Waals surface area contributed by atoms with Crippen LogP contribution in [-0.4, -0.2) is 17.4 Å². The first-order valence-corrected chi connectivity index (χ1v) is 7.98. The maximum Gasteiger partial charge on any atom is 0.259 e. The molecule has 0 saturated heterocycles. The first-order chi connectivity index (χ1) is 10.7. The fraction of sp³-hybridized carbons (Fsp3) is 0.111. The van der Waals surface area contributed by atoms with E-state index in [1.165, 1.54) is 0 Å². The van der Waals surface area contributed by atoms with Crippen LogP contribution >= 0.6 is 15.9 Å². The van der Waals surface area contributed by atoms with Gasteiger partial charge in [0, 0.05) is 22.0 Å². The van der Waals surface area contributed by atoms with Crippen molar-refractivity contribution < 1.29 is 4.79 Å². The van der Waals surface area contributed by atoms with E-state index in [0.717, 1.165) is 33.2 Å². The highest BCUT2D eigenvalue weighted by Crippen LogP contribution is 2.30. The molecule has 1 aliphatic heterocycles. The normalized spacial score (nSPS) is 13.4. The fourth-order valence-electron chi connectivity index (χ4n) is 2.85. The number of benzene rings is 2. The van der Waals surface area contributed by atoms with Gasteiger partial charge in [0.2, 0.25) is 0 Å². The molecule has 0 fully saturated rings. The molecule has 0 bridgehead atoms. The standard InChI is InChI=1S/C18H13BrN2O/c19-15-7-5-12(6-8-15)18(22)21-10-9-14-11-13-3-1-2-4-16(13)20-17(14)21/h1-8,11H,9-10H2. The predicted molar refractivity (Wildman–Crippen MR) is 91.3 cm³/mol. The largest absolute Gasteiger partial charge is 0.292 e. The molecule has 2 heterocycles. The van der Waals surface area contributed by atoms with Gasteiger partial charge >= 0.3 is 0 Å². The summed E-state index contributed by atoms with van der Waals surface area (Å²) in [6.07, 6.45) is 0.857. The van der Waals surface area contributed by atoms with Crippen molar-refractivity contribution >= 4 is 38.6 Å². The Bertz CT molecular complexity index is 874. The van der Waals surface area contributed by atoms with Gasteiger partial charge in [0.05, 0.1) is 5.52 Å². The van der Waals surface area contributed by atoms with Crippen LogP contribution in [0.2, 0.25) is 0 Å². The lowest BCUT2D eigenvalue weighted by molar-refractivity contribution is 0.0989. The number of aromatic nitrogens is 1. The van der Waals surface area contributed by atoms with Gasteiger partial charge < -0.3 is 0 Å². The van der Waals surface area contributed by atoms with E-state index in [4.69, 9.17) is 4.98 Å². The van der Waals surface area contributed by atoms with Crippen molar-refractivity contribution in [1.82, 2.24) is 4.98 Å². The predicted octanol–water partition coefficient (Wildman–Crippen LogP) is 4.20. The number of fused-ring (bicyclic) bond motifs is 2. The molecular weight excluding hydrogens is 340 g/mol. The van der Waals surface area contributed by atoms with Gasteiger partial charge in [0.1, 0.15) is 5.82 Å². The van der Waals surface area contributed by atoms with Crippen molar-refractivity contribution in [2.75, 3.05) is 11.4 Å². The summed E-state index contributed by atoms with van der Waals surface area (Å²) in [5.74, 6) is 0.806. The third-order valence-electron chi connectivity index (χ3n) is 3.98. The molecule has 22 heavy (non-hydrogen) atoms. The van der Waals surface area contributed by atoms with Crippen LogP contribution in [-0.2, 0) is 6.42 Å². The number of anilines is 1. The van der Waals surface area contributed by atoms with E-state index >= 15 is 0 Å². The molecule has 2 aromatic carbocycles. The molecule has 0 radical (unpaired) electrons. The Morgan fingerprint density at radius 1 is 1.09 bits per heavy atom. The van der Waals surface area contributed by atoms with Crippen LogP contribution in [0.15, 0.2) is 59.1 Å². The molecular formula is C18H13BrN2O. The Labute approximate surface area is 136 Å². The number of nitrogens with zero attached hydrogens (tertiary/aromatic N) is 2. The van der Waals surface area contributed by atoms with Gasteiger partial charge in [-0.05, 0) is 48.4 Å². The van der Waals surface area contributed by atoms with Gasteiger partial charge in [-0.2, -0.15) is 0 Å². The van der Waals surface area contributed by atoms with Crippen molar-refractivity contribution in [3.8, 4) is 0 Å². The van der Waals surface area contributed by atoms with Crippen molar-refractivity contribution in [2.45, 2.75) is 6.42 Å². The van der Waals surface area contributed by atoms with E-state index in [1.807, 2.05) is 42.5 Å². The van der Waals surface area contributed by atoms with E-state index in [2.05, 4.69) is 28.1 Å². The maximum absolute atomic E-state index is 12.7. The number of carbonyl (C=O) groups is 1. The van der Waals surface area contributed by atoms with E-state index in [0.29, 0.717) is 12.1 Å². The summed E-state index contributed by atoms with van der Waals surface area (Å²) in [6.45, 7) is 0.688. The van der Waals surface area contributed by atoms with Gasteiger partial charge in [-0.25, -0.2) is 4.98 Å². The Morgan fingerprint density at radius 2 is 1.86 bits per heavy atom. The van der Waals surface area contributed by atoms with Crippen LogP contribution in [0.4, 0.5) is 5.82 Å². The summed E-state index contributed by atoms with van der Waals surface area (Å²) in [4.78, 5) is 19.2. The first kappa shape index (κ1) is 13.5. The average molecular weight is 353 g/mol. The summed E-state index contributed by atoms with van der Waals surface area (Å²) in [5.41, 5.74) is 2.76. The van der Waals surface area contributed by atoms with Gasteiger partial charge in [0.15, 0.2) is 0 Å². The van der Waals surface area contributed by atoms with Crippen molar-refractivity contribution in [1.29, 1.82) is 0 Å². The lowest BCUT2D eigenvalue weighted by atomic mass is 10.1. The van der Waals surface area contributed by atoms with Crippen molar-refractivity contribution in [3.63, 3.8) is 0 Å². The topological polar surface area (TPSA) is 33.2 Å². The van der Waals surface area contributed by atoms with E-state index < -0.39 is 0 Å². The van der Waals surface area contributed by atoms with Gasteiger partial charge in [-0.3, -0.25) is 9.69 Å². The number of hydrogen-bond donors (Lipinski definition) is 0. The Morgan fingerprint density at radius 3 is 2.68 bits per heavy atom. The van der Waals surface area contributed by atoms with E-state index in [1.54, 1.807) is 4.90 Å². The number of carbonyl (C=O) groups excluding carboxylic acids is 1. The molecule has 1 aliphatic rings. The molecule has 1 amide bonds. The zero-order valence-electron chi connectivity index (χ0n) is 11.8. The quantitative estimate of drug-likeness (QED) is 0.657. The Kier molecular flexibility index (Phi) is 3.19. The minimum absolute atomic E-state index is 0.00836. The highest BCUT2D eigenvalue weighted by atomic mass is 79.9. The summed E-state index contributed by atoms with van der Waals surface area (Å²) >= 11 is 3.39. The second-order valence-electron chi connectivity index (χ2n) is 5.38. The maximum atomic E-state index is 12.7. The van der Waals surface area contributed by atoms with Gasteiger partial charge in [0.25, 0.3) is 5.91 Å². The molecule has 0 aliphatic carbocycles. The summed E-state index contributed by atoms with van der Waals surface area (Å²) in [7, 11) is 0. The van der Waals surface area contributed by atoms with E-state index in [-0.39, 0.29) is 5.91 Å². The molecule has 3 nitrogen and oxygen atoms in total. The molecule has 0 saturated carbocycles. The van der Waals surface area contributed by atoms with Crippen molar-refractivity contribution in [2.24, 2.45) is 0 Å². The van der Waals surface area contributed by atoms with Gasteiger partial charge in [-0.15, -0.1) is 0 Å². The highest BCUT2D eigenvalue weighted by Gasteiger charge is 2.27. The molecule has 0 spiro atoms. The van der Waals surface area contributed by atoms with Crippen molar-refractivity contribution in [3.05, 3.63) is 70.2 Å². The van der Waals surface area contributed by atoms with E-state index in [9.17, 15) is 4.79 Å².